The van der Waals surface area contributed by atoms with Crippen molar-refractivity contribution in [2.75, 3.05) is 31.7 Å². The Hall–Kier alpha value is -3.01. The van der Waals surface area contributed by atoms with Crippen LogP contribution in [0.25, 0.3) is 0 Å². The fourth-order valence-electron chi connectivity index (χ4n) is 2.56. The third-order valence-corrected chi connectivity index (χ3v) is 3.82. The van der Waals surface area contributed by atoms with E-state index in [1.165, 1.54) is 12.0 Å². The van der Waals surface area contributed by atoms with Gasteiger partial charge in [-0.25, -0.2) is 0 Å². The van der Waals surface area contributed by atoms with E-state index in [4.69, 9.17) is 15.9 Å². The van der Waals surface area contributed by atoms with Crippen molar-refractivity contribution in [3.63, 3.8) is 0 Å². The molecule has 1 N–H and O–H groups in total. The maximum atomic E-state index is 12.3. The Kier molecular flexibility index (Phi) is 6.01. The summed E-state index contributed by atoms with van der Waals surface area (Å²) < 4.78 is 10.3. The van der Waals surface area contributed by atoms with Crippen LogP contribution in [-0.4, -0.2) is 44.6 Å². The number of anilines is 1. The van der Waals surface area contributed by atoms with Crippen molar-refractivity contribution in [2.24, 2.45) is 5.92 Å². The lowest BCUT2D eigenvalue weighted by Gasteiger charge is -2.20. The minimum absolute atomic E-state index is 0.0297. The van der Waals surface area contributed by atoms with Gasteiger partial charge in [-0.05, 0) is 24.6 Å². The van der Waals surface area contributed by atoms with E-state index in [1.54, 1.807) is 6.07 Å². The van der Waals surface area contributed by atoms with Gasteiger partial charge in [-0.2, -0.15) is 0 Å². The van der Waals surface area contributed by atoms with E-state index < -0.39 is 24.4 Å². The molecule has 1 aliphatic heterocycles. The first-order valence-electron chi connectivity index (χ1n) is 7.78. The largest absolute Gasteiger partial charge is 0.495 e. The summed E-state index contributed by atoms with van der Waals surface area (Å²) in [7, 11) is 1.52. The zero-order valence-corrected chi connectivity index (χ0v) is 14.2. The van der Waals surface area contributed by atoms with Crippen LogP contribution >= 0.6 is 0 Å². The van der Waals surface area contributed by atoms with Gasteiger partial charge in [0.15, 0.2) is 6.61 Å². The molecule has 0 spiro atoms. The van der Waals surface area contributed by atoms with Crippen molar-refractivity contribution >= 4 is 23.5 Å². The number of carbonyl (C=O) groups is 3. The lowest BCUT2D eigenvalue weighted by Crippen LogP contribution is -2.31. The zero-order chi connectivity index (χ0) is 18.4. The number of hydrogen-bond acceptors (Lipinski definition) is 5. The number of esters is 1. The maximum absolute atomic E-state index is 12.3. The number of hydrogen-bond donors (Lipinski definition) is 1. The van der Waals surface area contributed by atoms with E-state index >= 15 is 0 Å². The van der Waals surface area contributed by atoms with Crippen molar-refractivity contribution in [3.8, 4) is 18.1 Å². The summed E-state index contributed by atoms with van der Waals surface area (Å²) in [6.07, 6.45) is 5.06. The molecule has 7 heteroatoms. The second kappa shape index (κ2) is 8.20. The quantitative estimate of drug-likeness (QED) is 0.605. The number of benzene rings is 1. The highest BCUT2D eigenvalue weighted by Gasteiger charge is 2.37. The molecular weight excluding hydrogens is 324 g/mol. The minimum atomic E-state index is -0.627. The molecule has 1 heterocycles. The molecule has 1 aliphatic rings. The summed E-state index contributed by atoms with van der Waals surface area (Å²) in [5, 5.41) is 2.40. The Morgan fingerprint density at radius 1 is 1.44 bits per heavy atom. The van der Waals surface area contributed by atoms with Gasteiger partial charge in [-0.1, -0.05) is 12.0 Å². The van der Waals surface area contributed by atoms with Crippen LogP contribution in [0.3, 0.4) is 0 Å². The second-order valence-corrected chi connectivity index (χ2v) is 5.67. The number of terminal acetylenes is 1. The van der Waals surface area contributed by atoms with Crippen molar-refractivity contribution in [1.82, 2.24) is 5.32 Å². The Labute approximate surface area is 146 Å². The first-order chi connectivity index (χ1) is 12.0. The molecule has 2 amide bonds. The summed E-state index contributed by atoms with van der Waals surface area (Å²) in [6, 6.07) is 5.49. The molecule has 0 radical (unpaired) electrons. The molecule has 1 atom stereocenters. The number of aryl methyl sites for hydroxylation is 1. The zero-order valence-electron chi connectivity index (χ0n) is 14.2. The predicted octanol–water partition coefficient (Wildman–Crippen LogP) is 0.649. The van der Waals surface area contributed by atoms with Gasteiger partial charge in [-0.15, -0.1) is 6.42 Å². The summed E-state index contributed by atoms with van der Waals surface area (Å²) >= 11 is 0. The molecule has 1 saturated heterocycles. The van der Waals surface area contributed by atoms with E-state index in [1.807, 2.05) is 19.1 Å². The molecule has 25 heavy (non-hydrogen) atoms. The van der Waals surface area contributed by atoms with Gasteiger partial charge in [0.1, 0.15) is 5.75 Å². The van der Waals surface area contributed by atoms with E-state index in [0.717, 1.165) is 5.56 Å². The van der Waals surface area contributed by atoms with Crippen LogP contribution in [0.15, 0.2) is 18.2 Å². The van der Waals surface area contributed by atoms with Gasteiger partial charge < -0.3 is 19.7 Å². The van der Waals surface area contributed by atoms with Gasteiger partial charge in [0.2, 0.25) is 5.91 Å². The first-order valence-corrected chi connectivity index (χ1v) is 7.78. The Morgan fingerprint density at radius 2 is 2.20 bits per heavy atom. The number of nitrogens with zero attached hydrogens (tertiary/aromatic N) is 1. The van der Waals surface area contributed by atoms with Gasteiger partial charge in [0, 0.05) is 13.0 Å². The Bertz CT molecular complexity index is 723. The van der Waals surface area contributed by atoms with E-state index in [-0.39, 0.29) is 25.4 Å². The number of methoxy groups -OCH3 is 1. The second-order valence-electron chi connectivity index (χ2n) is 5.67. The van der Waals surface area contributed by atoms with Gasteiger partial charge >= 0.3 is 5.97 Å². The van der Waals surface area contributed by atoms with Crippen molar-refractivity contribution in [1.29, 1.82) is 0 Å². The molecule has 132 valence electrons. The Morgan fingerprint density at radius 3 is 2.88 bits per heavy atom. The molecular formula is C18H20N2O5. The molecule has 1 aromatic rings. The average Bonchev–Trinajstić information content (AvgIpc) is 2.99. The van der Waals surface area contributed by atoms with Crippen LogP contribution in [0.2, 0.25) is 0 Å². The van der Waals surface area contributed by atoms with Crippen LogP contribution in [-0.2, 0) is 19.1 Å². The number of carbonyl (C=O) groups excluding carboxylic acids is 3. The Balaban J connectivity index is 2.00. The molecule has 0 aromatic heterocycles. The molecule has 0 unspecified atom stereocenters. The lowest BCUT2D eigenvalue weighted by molar-refractivity contribution is -0.152. The van der Waals surface area contributed by atoms with Crippen LogP contribution in [0, 0.1) is 25.2 Å². The van der Waals surface area contributed by atoms with E-state index in [2.05, 4.69) is 11.2 Å². The average molecular weight is 344 g/mol. The van der Waals surface area contributed by atoms with Crippen molar-refractivity contribution < 1.29 is 23.9 Å². The minimum Gasteiger partial charge on any atom is -0.495 e. The van der Waals surface area contributed by atoms with Crippen molar-refractivity contribution in [2.45, 2.75) is 13.3 Å². The van der Waals surface area contributed by atoms with Crippen LogP contribution in [0.1, 0.15) is 12.0 Å². The number of rotatable bonds is 6. The van der Waals surface area contributed by atoms with Gasteiger partial charge in [-0.3, -0.25) is 14.4 Å². The summed E-state index contributed by atoms with van der Waals surface area (Å²) in [4.78, 5) is 37.3. The van der Waals surface area contributed by atoms with E-state index in [9.17, 15) is 14.4 Å². The molecule has 0 saturated carbocycles. The highest BCUT2D eigenvalue weighted by molar-refractivity contribution is 6.00. The molecule has 7 nitrogen and oxygen atoms in total. The van der Waals surface area contributed by atoms with Crippen LogP contribution in [0.4, 0.5) is 5.69 Å². The third-order valence-electron chi connectivity index (χ3n) is 3.82. The molecule has 1 fully saturated rings. The topological polar surface area (TPSA) is 84.9 Å². The van der Waals surface area contributed by atoms with Crippen LogP contribution < -0.4 is 15.0 Å². The highest BCUT2D eigenvalue weighted by Crippen LogP contribution is 2.34. The maximum Gasteiger partial charge on any atom is 0.311 e. The fourth-order valence-corrected chi connectivity index (χ4v) is 2.56. The van der Waals surface area contributed by atoms with Gasteiger partial charge in [0.25, 0.3) is 5.91 Å². The summed E-state index contributed by atoms with van der Waals surface area (Å²) in [5.41, 5.74) is 1.59. The molecule has 1 aromatic carbocycles. The number of ether oxygens (including phenoxy) is 2. The molecule has 0 aliphatic carbocycles. The summed E-state index contributed by atoms with van der Waals surface area (Å²) in [6.45, 7) is 1.74. The smallest absolute Gasteiger partial charge is 0.311 e. The van der Waals surface area contributed by atoms with E-state index in [0.29, 0.717) is 11.4 Å². The molecule has 2 rings (SSSR count). The fraction of sp³-hybridized carbons (Fsp3) is 0.389. The lowest BCUT2D eigenvalue weighted by atomic mass is 10.1. The monoisotopic (exact) mass is 344 g/mol. The normalized spacial score (nSPS) is 16.3. The predicted molar refractivity (Wildman–Crippen MR) is 91.0 cm³/mol. The number of amides is 2. The standard InChI is InChI=1S/C18H20N2O5/c1-4-7-19-16(21)11-25-18(23)13-9-17(22)20(10-13)14-8-12(2)5-6-15(14)24-3/h1,5-6,8,13H,7,9-11H2,2-3H3,(H,19,21)/t13-/m0/s1. The van der Waals surface area contributed by atoms with Crippen molar-refractivity contribution in [3.05, 3.63) is 23.8 Å². The van der Waals surface area contributed by atoms with Gasteiger partial charge in [0.05, 0.1) is 25.3 Å². The third kappa shape index (κ3) is 4.51. The number of nitrogens with one attached hydrogen (secondary N) is 1. The molecule has 0 bridgehead atoms. The summed E-state index contributed by atoms with van der Waals surface area (Å²) in [5.74, 6) is 0.925. The SMILES string of the molecule is C#CCNC(=O)COC(=O)[C@H]1CC(=O)N(c2cc(C)ccc2OC)C1. The highest BCUT2D eigenvalue weighted by atomic mass is 16.5. The van der Waals surface area contributed by atoms with Crippen LogP contribution in [0.5, 0.6) is 5.75 Å². The first kappa shape index (κ1) is 18.3.